The van der Waals surface area contributed by atoms with E-state index < -0.39 is 11.9 Å². The third-order valence-electron chi connectivity index (χ3n) is 3.31. The lowest BCUT2D eigenvalue weighted by Gasteiger charge is -2.03. The number of oxazole rings is 1. The van der Waals surface area contributed by atoms with Crippen molar-refractivity contribution < 1.29 is 19.1 Å². The summed E-state index contributed by atoms with van der Waals surface area (Å²) in [4.78, 5) is 28.4. The molecule has 0 aromatic carbocycles. The van der Waals surface area contributed by atoms with E-state index in [0.29, 0.717) is 10.7 Å². The topological polar surface area (TPSA) is 92.4 Å². The van der Waals surface area contributed by atoms with Crippen LogP contribution in [0.15, 0.2) is 10.8 Å². The van der Waals surface area contributed by atoms with E-state index in [9.17, 15) is 14.7 Å². The number of rotatable bonds is 3. The molecule has 7 heteroatoms. The lowest BCUT2D eigenvalue weighted by molar-refractivity contribution is 0.0697. The quantitative estimate of drug-likeness (QED) is 0.906. The second-order valence-corrected chi connectivity index (χ2v) is 5.69. The van der Waals surface area contributed by atoms with Gasteiger partial charge in [-0.05, 0) is 31.7 Å². The summed E-state index contributed by atoms with van der Waals surface area (Å²) in [5.74, 6) is -1.37. The number of carbonyl (C=O) groups is 2. The summed E-state index contributed by atoms with van der Waals surface area (Å²) in [6, 6.07) is 0. The molecule has 104 valence electrons. The maximum atomic E-state index is 12.1. The molecule has 1 aliphatic rings. The number of hydrogen-bond donors (Lipinski definition) is 2. The van der Waals surface area contributed by atoms with E-state index in [1.165, 1.54) is 17.7 Å². The minimum absolute atomic E-state index is 0.106. The molecule has 2 N–H and O–H groups in total. The van der Waals surface area contributed by atoms with Crippen molar-refractivity contribution in [2.75, 3.05) is 5.32 Å². The highest BCUT2D eigenvalue weighted by Crippen LogP contribution is 2.39. The van der Waals surface area contributed by atoms with Crippen molar-refractivity contribution >= 4 is 28.2 Å². The summed E-state index contributed by atoms with van der Waals surface area (Å²) in [5.41, 5.74) is 1.54. The number of carbonyl (C=O) groups excluding carboxylic acids is 1. The van der Waals surface area contributed by atoms with Crippen LogP contribution in [0.4, 0.5) is 5.00 Å². The molecule has 0 spiro atoms. The Bertz CT molecular complexity index is 701. The van der Waals surface area contributed by atoms with Gasteiger partial charge in [0.1, 0.15) is 5.00 Å². The number of carboxylic acids is 1. The normalized spacial score (nSPS) is 13.2. The number of hydrogen-bond acceptors (Lipinski definition) is 5. The van der Waals surface area contributed by atoms with Gasteiger partial charge in [-0.3, -0.25) is 4.79 Å². The second-order valence-electron chi connectivity index (χ2n) is 4.59. The number of nitrogens with one attached hydrogen (secondary N) is 1. The molecule has 1 aliphatic carbocycles. The van der Waals surface area contributed by atoms with Crippen LogP contribution in [-0.4, -0.2) is 22.0 Å². The van der Waals surface area contributed by atoms with Crippen LogP contribution in [0.2, 0.25) is 0 Å². The van der Waals surface area contributed by atoms with Crippen molar-refractivity contribution in [3.05, 3.63) is 33.9 Å². The van der Waals surface area contributed by atoms with Gasteiger partial charge in [0.25, 0.3) is 5.91 Å². The molecule has 0 aliphatic heterocycles. The molecule has 0 bridgehead atoms. The predicted molar refractivity (Wildman–Crippen MR) is 72.5 cm³/mol. The third kappa shape index (κ3) is 2.00. The molecule has 0 unspecified atom stereocenters. The molecule has 2 aromatic rings. The minimum Gasteiger partial charge on any atom is -0.478 e. The maximum Gasteiger partial charge on any atom is 0.339 e. The number of amides is 1. The Morgan fingerprint density at radius 3 is 2.90 bits per heavy atom. The maximum absolute atomic E-state index is 12.1. The van der Waals surface area contributed by atoms with Crippen molar-refractivity contribution in [3.63, 3.8) is 0 Å². The number of carboxylic acid groups (broad SMARTS) is 1. The Labute approximate surface area is 118 Å². The van der Waals surface area contributed by atoms with Gasteiger partial charge in [-0.1, -0.05) is 0 Å². The molecular formula is C13H12N2O4S. The van der Waals surface area contributed by atoms with Crippen LogP contribution in [0.1, 0.15) is 43.5 Å². The molecule has 2 heterocycles. The summed E-state index contributed by atoms with van der Waals surface area (Å²) >= 11 is 1.33. The first-order chi connectivity index (χ1) is 9.58. The van der Waals surface area contributed by atoms with Gasteiger partial charge in [0.05, 0.1) is 11.3 Å². The van der Waals surface area contributed by atoms with Crippen LogP contribution in [-0.2, 0) is 12.8 Å². The smallest absolute Gasteiger partial charge is 0.339 e. The lowest BCUT2D eigenvalue weighted by atomic mass is 10.1. The van der Waals surface area contributed by atoms with E-state index in [1.807, 2.05) is 0 Å². The standard InChI is InChI=1S/C13H12N2O4S/c1-6-10(19-5-14-6)11(16)15-12-9(13(17)18)7-3-2-4-8(7)20-12/h5H,2-4H2,1H3,(H,15,16)(H,17,18). The van der Waals surface area contributed by atoms with Crippen molar-refractivity contribution in [3.8, 4) is 0 Å². The third-order valence-corrected chi connectivity index (χ3v) is 4.52. The highest BCUT2D eigenvalue weighted by atomic mass is 32.1. The highest BCUT2D eigenvalue weighted by Gasteiger charge is 2.28. The molecule has 20 heavy (non-hydrogen) atoms. The average Bonchev–Trinajstić information content (AvgIpc) is 3.03. The van der Waals surface area contributed by atoms with Gasteiger partial charge >= 0.3 is 5.97 Å². The predicted octanol–water partition coefficient (Wildman–Crippen LogP) is 2.48. The Kier molecular flexibility index (Phi) is 3.06. The van der Waals surface area contributed by atoms with Gasteiger partial charge in [-0.15, -0.1) is 11.3 Å². The summed E-state index contributed by atoms with van der Waals surface area (Å²) in [7, 11) is 0. The van der Waals surface area contributed by atoms with E-state index in [0.717, 1.165) is 29.7 Å². The van der Waals surface area contributed by atoms with E-state index in [-0.39, 0.29) is 11.3 Å². The van der Waals surface area contributed by atoms with Gasteiger partial charge in [-0.25, -0.2) is 9.78 Å². The zero-order valence-corrected chi connectivity index (χ0v) is 11.5. The Morgan fingerprint density at radius 1 is 1.45 bits per heavy atom. The van der Waals surface area contributed by atoms with Gasteiger partial charge in [0.2, 0.25) is 5.76 Å². The summed E-state index contributed by atoms with van der Waals surface area (Å²) in [6.45, 7) is 1.66. The number of aromatic carboxylic acids is 1. The first kappa shape index (κ1) is 12.9. The molecule has 2 aromatic heterocycles. The lowest BCUT2D eigenvalue weighted by Crippen LogP contribution is -2.14. The van der Waals surface area contributed by atoms with Crippen molar-refractivity contribution in [2.45, 2.75) is 26.2 Å². The van der Waals surface area contributed by atoms with Crippen LogP contribution >= 0.6 is 11.3 Å². The minimum atomic E-state index is -1.01. The van der Waals surface area contributed by atoms with Crippen molar-refractivity contribution in [1.82, 2.24) is 4.98 Å². The molecule has 0 saturated heterocycles. The van der Waals surface area contributed by atoms with E-state index in [2.05, 4.69) is 10.3 Å². The first-order valence-corrected chi connectivity index (χ1v) is 6.99. The van der Waals surface area contributed by atoms with Gasteiger partial charge in [0.15, 0.2) is 6.39 Å². The fourth-order valence-corrected chi connectivity index (χ4v) is 3.67. The van der Waals surface area contributed by atoms with Crippen molar-refractivity contribution in [2.24, 2.45) is 0 Å². The average molecular weight is 292 g/mol. The number of nitrogens with zero attached hydrogens (tertiary/aromatic N) is 1. The Hall–Kier alpha value is -2.15. The number of aryl methyl sites for hydroxylation is 2. The van der Waals surface area contributed by atoms with Gasteiger partial charge < -0.3 is 14.8 Å². The summed E-state index contributed by atoms with van der Waals surface area (Å²) in [6.07, 6.45) is 3.79. The largest absolute Gasteiger partial charge is 0.478 e. The van der Waals surface area contributed by atoms with Gasteiger partial charge in [-0.2, -0.15) is 0 Å². The van der Waals surface area contributed by atoms with Crippen LogP contribution in [0.5, 0.6) is 0 Å². The molecule has 6 nitrogen and oxygen atoms in total. The molecule has 1 amide bonds. The van der Waals surface area contributed by atoms with E-state index in [1.54, 1.807) is 6.92 Å². The molecule has 0 atom stereocenters. The monoisotopic (exact) mass is 292 g/mol. The van der Waals surface area contributed by atoms with Crippen LogP contribution in [0.3, 0.4) is 0 Å². The first-order valence-electron chi connectivity index (χ1n) is 6.17. The summed E-state index contributed by atoms with van der Waals surface area (Å²) in [5, 5.41) is 12.3. The molecule has 0 radical (unpaired) electrons. The second kappa shape index (κ2) is 4.75. The number of thiophene rings is 1. The van der Waals surface area contributed by atoms with E-state index >= 15 is 0 Å². The molecule has 0 fully saturated rings. The zero-order chi connectivity index (χ0) is 14.3. The SMILES string of the molecule is Cc1ncoc1C(=O)Nc1sc2c(c1C(=O)O)CCC2. The van der Waals surface area contributed by atoms with Gasteiger partial charge in [0, 0.05) is 4.88 Å². The Balaban J connectivity index is 1.94. The van der Waals surface area contributed by atoms with Crippen LogP contribution in [0.25, 0.3) is 0 Å². The molecule has 0 saturated carbocycles. The summed E-state index contributed by atoms with van der Waals surface area (Å²) < 4.78 is 5.01. The highest BCUT2D eigenvalue weighted by molar-refractivity contribution is 7.17. The van der Waals surface area contributed by atoms with Crippen molar-refractivity contribution in [1.29, 1.82) is 0 Å². The number of anilines is 1. The zero-order valence-electron chi connectivity index (χ0n) is 10.7. The molecule has 3 rings (SSSR count). The fraction of sp³-hybridized carbons (Fsp3) is 0.308. The molecular weight excluding hydrogens is 280 g/mol. The number of aromatic nitrogens is 1. The van der Waals surface area contributed by atoms with Crippen LogP contribution in [0, 0.1) is 6.92 Å². The Morgan fingerprint density at radius 2 is 2.25 bits per heavy atom. The fourth-order valence-electron chi connectivity index (χ4n) is 2.40. The van der Waals surface area contributed by atoms with Crippen LogP contribution < -0.4 is 5.32 Å². The van der Waals surface area contributed by atoms with E-state index in [4.69, 9.17) is 4.42 Å². The number of fused-ring (bicyclic) bond motifs is 1.